The number of hydrogen-bond acceptors (Lipinski definition) is 3. The van der Waals surface area contributed by atoms with E-state index >= 15 is 0 Å². The van der Waals surface area contributed by atoms with Crippen LogP contribution >= 0.6 is 0 Å². The Balaban J connectivity index is 1.86. The molecule has 0 radical (unpaired) electrons. The van der Waals surface area contributed by atoms with E-state index in [2.05, 4.69) is 15.4 Å². The van der Waals surface area contributed by atoms with Gasteiger partial charge in [-0.3, -0.25) is 4.79 Å². The number of anilines is 1. The van der Waals surface area contributed by atoms with E-state index in [1.165, 1.54) is 16.8 Å². The van der Waals surface area contributed by atoms with Gasteiger partial charge in [0, 0.05) is 29.9 Å². The highest BCUT2D eigenvalue weighted by Gasteiger charge is 2.37. The van der Waals surface area contributed by atoms with Crippen molar-refractivity contribution in [2.45, 2.75) is 39.3 Å². The van der Waals surface area contributed by atoms with Gasteiger partial charge in [-0.15, -0.1) is 5.10 Å². The summed E-state index contributed by atoms with van der Waals surface area (Å²) in [5.74, 6) is -2.91. The molecular formula is C20H20F4N4O. The van der Waals surface area contributed by atoms with E-state index in [-0.39, 0.29) is 17.3 Å². The number of hydrogen-bond donors (Lipinski definition) is 1. The molecule has 1 N–H and O–H groups in total. The standard InChI is InChI=1S/C20H20F4N4O/c1-11(2)13-7-14-10-28(27-19(14)25-9-13)17-8-15(4-5-16(17)21)26-18(29)6-12(3)20(22,23)24/h4-5,7-12H,6H2,1-3H3,(H,26,29). The first-order valence-electron chi connectivity index (χ1n) is 9.06. The summed E-state index contributed by atoms with van der Waals surface area (Å²) in [6, 6.07) is 5.64. The lowest BCUT2D eigenvalue weighted by molar-refractivity contribution is -0.173. The van der Waals surface area contributed by atoms with Crippen LogP contribution in [0.15, 0.2) is 36.7 Å². The molecule has 1 aromatic carbocycles. The van der Waals surface area contributed by atoms with Crippen LogP contribution in [-0.2, 0) is 4.79 Å². The van der Waals surface area contributed by atoms with E-state index < -0.39 is 30.2 Å². The van der Waals surface area contributed by atoms with Gasteiger partial charge in [0.2, 0.25) is 5.91 Å². The zero-order valence-corrected chi connectivity index (χ0v) is 16.1. The van der Waals surface area contributed by atoms with E-state index in [1.807, 2.05) is 19.9 Å². The maximum Gasteiger partial charge on any atom is 0.392 e. The fourth-order valence-electron chi connectivity index (χ4n) is 2.74. The summed E-state index contributed by atoms with van der Waals surface area (Å²) in [6.07, 6.45) is -1.85. The zero-order chi connectivity index (χ0) is 21.3. The van der Waals surface area contributed by atoms with Crippen molar-refractivity contribution in [3.05, 3.63) is 48.0 Å². The van der Waals surface area contributed by atoms with Gasteiger partial charge in [-0.1, -0.05) is 20.8 Å². The molecule has 1 atom stereocenters. The number of halogens is 4. The van der Waals surface area contributed by atoms with Crippen molar-refractivity contribution in [2.24, 2.45) is 5.92 Å². The lowest BCUT2D eigenvalue weighted by atomic mass is 10.1. The average molecular weight is 408 g/mol. The SMILES string of the molecule is CC(C)c1cnc2nn(-c3cc(NC(=O)CC(C)C(F)(F)F)ccc3F)cc2c1. The summed E-state index contributed by atoms with van der Waals surface area (Å²) in [4.78, 5) is 16.2. The van der Waals surface area contributed by atoms with Gasteiger partial charge in [-0.05, 0) is 35.7 Å². The number of nitrogens with zero attached hydrogens (tertiary/aromatic N) is 3. The number of amides is 1. The van der Waals surface area contributed by atoms with Gasteiger partial charge in [0.05, 0.1) is 5.92 Å². The summed E-state index contributed by atoms with van der Waals surface area (Å²) in [6.45, 7) is 4.99. The number of rotatable bonds is 5. The largest absolute Gasteiger partial charge is 0.392 e. The highest BCUT2D eigenvalue weighted by atomic mass is 19.4. The second kappa shape index (κ2) is 7.81. The highest BCUT2D eigenvalue weighted by Crippen LogP contribution is 2.29. The minimum Gasteiger partial charge on any atom is -0.326 e. The van der Waals surface area contributed by atoms with Crippen LogP contribution in [0.5, 0.6) is 0 Å². The molecule has 0 aliphatic carbocycles. The van der Waals surface area contributed by atoms with Crippen LogP contribution in [0.1, 0.15) is 38.7 Å². The van der Waals surface area contributed by atoms with Gasteiger partial charge in [-0.2, -0.15) is 13.2 Å². The van der Waals surface area contributed by atoms with Crippen LogP contribution in [0.2, 0.25) is 0 Å². The molecule has 154 valence electrons. The van der Waals surface area contributed by atoms with Crippen LogP contribution in [0.3, 0.4) is 0 Å². The van der Waals surface area contributed by atoms with E-state index in [0.717, 1.165) is 23.9 Å². The monoisotopic (exact) mass is 408 g/mol. The molecule has 3 rings (SSSR count). The van der Waals surface area contributed by atoms with Gasteiger partial charge in [0.25, 0.3) is 0 Å². The Kier molecular flexibility index (Phi) is 5.59. The molecular weight excluding hydrogens is 388 g/mol. The van der Waals surface area contributed by atoms with E-state index in [0.29, 0.717) is 5.65 Å². The third kappa shape index (κ3) is 4.72. The zero-order valence-electron chi connectivity index (χ0n) is 16.1. The molecule has 0 saturated heterocycles. The maximum atomic E-state index is 14.4. The fraction of sp³-hybridized carbons (Fsp3) is 0.350. The number of carbonyl (C=O) groups is 1. The Morgan fingerprint density at radius 3 is 2.59 bits per heavy atom. The maximum absolute atomic E-state index is 14.4. The number of pyridine rings is 1. The van der Waals surface area contributed by atoms with E-state index in [9.17, 15) is 22.4 Å². The van der Waals surface area contributed by atoms with Crippen molar-refractivity contribution in [2.75, 3.05) is 5.32 Å². The smallest absolute Gasteiger partial charge is 0.326 e. The molecule has 0 aliphatic rings. The normalized spacial score (nSPS) is 13.1. The average Bonchev–Trinajstić information content (AvgIpc) is 3.05. The predicted octanol–water partition coefficient (Wildman–Crippen LogP) is 5.21. The molecule has 0 saturated carbocycles. The molecule has 9 heteroatoms. The first kappa shape index (κ1) is 20.8. The third-order valence-electron chi connectivity index (χ3n) is 4.57. The molecule has 0 spiro atoms. The van der Waals surface area contributed by atoms with Crippen LogP contribution in [0, 0.1) is 11.7 Å². The quantitative estimate of drug-likeness (QED) is 0.590. The Hall–Kier alpha value is -2.97. The fourth-order valence-corrected chi connectivity index (χ4v) is 2.74. The topological polar surface area (TPSA) is 59.8 Å². The summed E-state index contributed by atoms with van der Waals surface area (Å²) >= 11 is 0. The number of alkyl halides is 3. The summed E-state index contributed by atoms with van der Waals surface area (Å²) in [5, 5.41) is 7.35. The summed E-state index contributed by atoms with van der Waals surface area (Å²) < 4.78 is 53.5. The van der Waals surface area contributed by atoms with E-state index in [4.69, 9.17) is 0 Å². The lowest BCUT2D eigenvalue weighted by Crippen LogP contribution is -2.25. The molecule has 29 heavy (non-hydrogen) atoms. The van der Waals surface area contributed by atoms with Crippen LogP contribution in [0.25, 0.3) is 16.7 Å². The van der Waals surface area contributed by atoms with Crippen molar-refractivity contribution < 1.29 is 22.4 Å². The van der Waals surface area contributed by atoms with Crippen LogP contribution in [-0.4, -0.2) is 26.8 Å². The van der Waals surface area contributed by atoms with Gasteiger partial charge in [0.15, 0.2) is 5.65 Å². The lowest BCUT2D eigenvalue weighted by Gasteiger charge is -2.15. The number of nitrogens with one attached hydrogen (secondary N) is 1. The highest BCUT2D eigenvalue weighted by molar-refractivity contribution is 5.91. The van der Waals surface area contributed by atoms with Crippen molar-refractivity contribution in [1.29, 1.82) is 0 Å². The Morgan fingerprint density at radius 2 is 1.93 bits per heavy atom. The van der Waals surface area contributed by atoms with Crippen LogP contribution in [0.4, 0.5) is 23.2 Å². The molecule has 5 nitrogen and oxygen atoms in total. The number of carbonyl (C=O) groups excluding carboxylic acids is 1. The van der Waals surface area contributed by atoms with Crippen molar-refractivity contribution >= 4 is 22.6 Å². The van der Waals surface area contributed by atoms with Gasteiger partial charge in [0.1, 0.15) is 11.5 Å². The molecule has 1 unspecified atom stereocenters. The molecule has 3 aromatic rings. The Morgan fingerprint density at radius 1 is 1.21 bits per heavy atom. The van der Waals surface area contributed by atoms with Gasteiger partial charge >= 0.3 is 6.18 Å². The summed E-state index contributed by atoms with van der Waals surface area (Å²) in [5.41, 5.74) is 1.67. The molecule has 2 heterocycles. The molecule has 0 fully saturated rings. The molecule has 2 aromatic heterocycles. The van der Waals surface area contributed by atoms with Crippen molar-refractivity contribution in [3.63, 3.8) is 0 Å². The van der Waals surface area contributed by atoms with Crippen LogP contribution < -0.4 is 5.32 Å². The predicted molar refractivity (Wildman–Crippen MR) is 101 cm³/mol. The van der Waals surface area contributed by atoms with Gasteiger partial charge in [-0.25, -0.2) is 14.1 Å². The third-order valence-corrected chi connectivity index (χ3v) is 4.57. The first-order valence-corrected chi connectivity index (χ1v) is 9.06. The number of benzene rings is 1. The van der Waals surface area contributed by atoms with Crippen molar-refractivity contribution in [1.82, 2.24) is 14.8 Å². The Bertz CT molecular complexity index is 1040. The van der Waals surface area contributed by atoms with Crippen molar-refractivity contribution in [3.8, 4) is 5.69 Å². The molecule has 0 bridgehead atoms. The molecule has 0 aliphatic heterocycles. The number of fused-ring (bicyclic) bond motifs is 1. The van der Waals surface area contributed by atoms with E-state index in [1.54, 1.807) is 12.4 Å². The number of aromatic nitrogens is 3. The van der Waals surface area contributed by atoms with Gasteiger partial charge < -0.3 is 5.32 Å². The second-order valence-electron chi connectivity index (χ2n) is 7.27. The Labute approximate surface area is 164 Å². The minimum absolute atomic E-state index is 0.0516. The first-order chi connectivity index (χ1) is 13.5. The minimum atomic E-state index is -4.46. The molecule has 1 amide bonds. The summed E-state index contributed by atoms with van der Waals surface area (Å²) in [7, 11) is 0. The second-order valence-corrected chi connectivity index (χ2v) is 7.27.